The minimum Gasteiger partial charge on any atom is -0.297 e. The van der Waals surface area contributed by atoms with Crippen molar-refractivity contribution in [2.75, 3.05) is 5.33 Å². The van der Waals surface area contributed by atoms with Crippen LogP contribution in [-0.4, -0.2) is 11.3 Å². The smallest absolute Gasteiger partial charge is 0.297 e. The van der Waals surface area contributed by atoms with Crippen molar-refractivity contribution in [3.63, 3.8) is 0 Å². The van der Waals surface area contributed by atoms with Crippen LogP contribution in [0.2, 0.25) is 0 Å². The number of carbonyl (C=O) groups is 1. The van der Waals surface area contributed by atoms with Crippen LogP contribution in [0.4, 0.5) is 0 Å². The summed E-state index contributed by atoms with van der Waals surface area (Å²) in [7, 11) is -2.51. The fourth-order valence-electron chi connectivity index (χ4n) is 2.79. The Morgan fingerprint density at radius 3 is 1.40 bits per heavy atom. The monoisotopic (exact) mass is 413 g/mol. The summed E-state index contributed by atoms with van der Waals surface area (Å²) >= 11 is 3.34. The maximum atomic E-state index is 12.6. The number of hydrogen-bond donors (Lipinski definition) is 0. The maximum absolute atomic E-state index is 12.6. The van der Waals surface area contributed by atoms with Crippen molar-refractivity contribution >= 4 is 45.3 Å². The summed E-state index contributed by atoms with van der Waals surface area (Å²) in [6, 6.07) is 30.2. The highest BCUT2D eigenvalue weighted by molar-refractivity contribution is 9.09. The van der Waals surface area contributed by atoms with Crippen molar-refractivity contribution in [1.29, 1.82) is 0 Å². The van der Waals surface area contributed by atoms with E-state index in [-0.39, 0.29) is 5.97 Å². The molecule has 0 saturated carbocycles. The van der Waals surface area contributed by atoms with E-state index in [9.17, 15) is 4.79 Å². The lowest BCUT2D eigenvalue weighted by Gasteiger charge is -2.24. The first kappa shape index (κ1) is 17.8. The van der Waals surface area contributed by atoms with E-state index in [1.807, 2.05) is 54.6 Å². The van der Waals surface area contributed by atoms with Crippen molar-refractivity contribution in [2.45, 2.75) is 6.42 Å². The van der Waals surface area contributed by atoms with E-state index in [2.05, 4.69) is 52.3 Å². The van der Waals surface area contributed by atoms with Gasteiger partial charge in [0.05, 0.1) is 6.42 Å². The van der Waals surface area contributed by atoms with Gasteiger partial charge < -0.3 is 0 Å². The van der Waals surface area contributed by atoms with E-state index >= 15 is 0 Å². The molecule has 3 rings (SSSR count). The van der Waals surface area contributed by atoms with E-state index in [0.717, 1.165) is 15.9 Å². The Bertz CT molecular complexity index is 710. The summed E-state index contributed by atoms with van der Waals surface area (Å²) in [4.78, 5) is 12.6. The van der Waals surface area contributed by atoms with Gasteiger partial charge in [0.25, 0.3) is 7.49 Å². The standard InChI is InChI=1S/C21H19BrO2P/c22-17-16-21(23)24-25(18-10-4-1-5-11-18,19-12-6-2-7-13-19)20-14-8-3-9-15-20/h1-15H,16-17H2/q+1. The zero-order valence-corrected chi connectivity index (χ0v) is 16.2. The highest BCUT2D eigenvalue weighted by atomic mass is 79.9. The lowest BCUT2D eigenvalue weighted by molar-refractivity contribution is -0.133. The van der Waals surface area contributed by atoms with Gasteiger partial charge in [0.15, 0.2) is 0 Å². The molecule has 4 heteroatoms. The molecule has 0 amide bonds. The molecule has 3 aromatic carbocycles. The third-order valence-corrected chi connectivity index (χ3v) is 7.85. The van der Waals surface area contributed by atoms with Gasteiger partial charge in [-0.05, 0) is 36.4 Å². The molecule has 0 unspecified atom stereocenters. The molecular weight excluding hydrogens is 395 g/mol. The van der Waals surface area contributed by atoms with E-state index in [1.165, 1.54) is 0 Å². The van der Waals surface area contributed by atoms with E-state index in [1.54, 1.807) is 0 Å². The normalized spacial score (nSPS) is 11.1. The minimum absolute atomic E-state index is 0.193. The largest absolute Gasteiger partial charge is 0.352 e. The van der Waals surface area contributed by atoms with Gasteiger partial charge in [-0.3, -0.25) is 4.52 Å². The Morgan fingerprint density at radius 2 is 1.08 bits per heavy atom. The van der Waals surface area contributed by atoms with Gasteiger partial charge in [0.2, 0.25) is 0 Å². The molecule has 0 aliphatic rings. The van der Waals surface area contributed by atoms with Crippen LogP contribution in [0.25, 0.3) is 0 Å². The first-order chi connectivity index (χ1) is 12.3. The molecule has 25 heavy (non-hydrogen) atoms. The van der Waals surface area contributed by atoms with Gasteiger partial charge >= 0.3 is 5.97 Å². The highest BCUT2D eigenvalue weighted by Gasteiger charge is 2.50. The number of rotatable bonds is 6. The van der Waals surface area contributed by atoms with Gasteiger partial charge in [0.1, 0.15) is 15.9 Å². The molecule has 3 aromatic rings. The van der Waals surface area contributed by atoms with Crippen LogP contribution in [-0.2, 0) is 9.32 Å². The maximum Gasteiger partial charge on any atom is 0.352 e. The van der Waals surface area contributed by atoms with Crippen LogP contribution in [0.1, 0.15) is 6.42 Å². The predicted molar refractivity (Wildman–Crippen MR) is 110 cm³/mol. The topological polar surface area (TPSA) is 26.3 Å². The SMILES string of the molecule is O=C(CCBr)O[P+](c1ccccc1)(c1ccccc1)c1ccccc1. The molecule has 126 valence electrons. The minimum atomic E-state index is -2.51. The van der Waals surface area contributed by atoms with Crippen molar-refractivity contribution in [1.82, 2.24) is 0 Å². The third-order valence-electron chi connectivity index (χ3n) is 3.90. The third kappa shape index (κ3) is 3.84. The van der Waals surface area contributed by atoms with Crippen molar-refractivity contribution in [2.24, 2.45) is 0 Å². The molecular formula is C21H19BrO2P+. The fourth-order valence-corrected chi connectivity index (χ4v) is 6.50. The molecule has 0 N–H and O–H groups in total. The molecule has 0 fully saturated rings. The number of benzene rings is 3. The molecule has 0 atom stereocenters. The summed E-state index contributed by atoms with van der Waals surface area (Å²) in [5.74, 6) is -0.193. The first-order valence-corrected chi connectivity index (χ1v) is 10.9. The van der Waals surface area contributed by atoms with Gasteiger partial charge in [-0.2, -0.15) is 0 Å². The summed E-state index contributed by atoms with van der Waals surface area (Å²) in [6.07, 6.45) is 0.342. The second-order valence-electron chi connectivity index (χ2n) is 5.52. The van der Waals surface area contributed by atoms with Crippen molar-refractivity contribution in [3.8, 4) is 0 Å². The molecule has 0 spiro atoms. The number of halogens is 1. The Labute approximate surface area is 157 Å². The van der Waals surface area contributed by atoms with E-state index in [4.69, 9.17) is 4.52 Å². The number of hydrogen-bond acceptors (Lipinski definition) is 2. The molecule has 0 aliphatic carbocycles. The lowest BCUT2D eigenvalue weighted by atomic mass is 10.4. The molecule has 0 saturated heterocycles. The van der Waals surface area contributed by atoms with Gasteiger partial charge in [-0.15, -0.1) is 0 Å². The van der Waals surface area contributed by atoms with Crippen LogP contribution in [0, 0.1) is 0 Å². The van der Waals surface area contributed by atoms with Gasteiger partial charge in [-0.1, -0.05) is 70.5 Å². The molecule has 0 heterocycles. The molecule has 0 bridgehead atoms. The zero-order chi connectivity index (χ0) is 17.5. The first-order valence-electron chi connectivity index (χ1n) is 8.11. The highest BCUT2D eigenvalue weighted by Crippen LogP contribution is 2.56. The Balaban J connectivity index is 2.26. The van der Waals surface area contributed by atoms with Crippen LogP contribution >= 0.6 is 23.4 Å². The van der Waals surface area contributed by atoms with Crippen LogP contribution < -0.4 is 15.9 Å². The van der Waals surface area contributed by atoms with Gasteiger partial charge in [-0.25, -0.2) is 4.79 Å². The van der Waals surface area contributed by atoms with Crippen molar-refractivity contribution < 1.29 is 9.32 Å². The van der Waals surface area contributed by atoms with Gasteiger partial charge in [0, 0.05) is 5.33 Å². The molecule has 2 nitrogen and oxygen atoms in total. The number of carbonyl (C=O) groups excluding carboxylic acids is 1. The summed E-state index contributed by atoms with van der Waals surface area (Å²) in [5, 5.41) is 3.70. The average Bonchev–Trinajstić information content (AvgIpc) is 2.68. The quantitative estimate of drug-likeness (QED) is 0.446. The summed E-state index contributed by atoms with van der Waals surface area (Å²) in [5.41, 5.74) is 0. The number of alkyl halides is 1. The summed E-state index contributed by atoms with van der Waals surface area (Å²) < 4.78 is 6.28. The van der Waals surface area contributed by atoms with E-state index in [0.29, 0.717) is 11.8 Å². The Hall–Kier alpha value is -1.96. The molecule has 0 radical (unpaired) electrons. The molecule has 0 aliphatic heterocycles. The predicted octanol–water partition coefficient (Wildman–Crippen LogP) is 4.22. The van der Waals surface area contributed by atoms with Crippen LogP contribution in [0.5, 0.6) is 0 Å². The van der Waals surface area contributed by atoms with Crippen molar-refractivity contribution in [3.05, 3.63) is 91.0 Å². The average molecular weight is 414 g/mol. The Kier molecular flexibility index (Phi) is 6.01. The lowest BCUT2D eigenvalue weighted by Crippen LogP contribution is -2.34. The second-order valence-corrected chi connectivity index (χ2v) is 9.26. The Morgan fingerprint density at radius 1 is 0.720 bits per heavy atom. The summed E-state index contributed by atoms with van der Waals surface area (Å²) in [6.45, 7) is 0. The van der Waals surface area contributed by atoms with Crippen LogP contribution in [0.3, 0.4) is 0 Å². The zero-order valence-electron chi connectivity index (χ0n) is 13.7. The second kappa shape index (κ2) is 8.42. The molecule has 0 aromatic heterocycles. The van der Waals surface area contributed by atoms with Crippen LogP contribution in [0.15, 0.2) is 91.0 Å². The fraction of sp³-hybridized carbons (Fsp3) is 0.0952. The van der Waals surface area contributed by atoms with E-state index < -0.39 is 7.49 Å².